The van der Waals surface area contributed by atoms with Gasteiger partial charge >= 0.3 is 0 Å². The lowest BCUT2D eigenvalue weighted by molar-refractivity contribution is 0.411. The summed E-state index contributed by atoms with van der Waals surface area (Å²) in [5.74, 6) is 0.912. The van der Waals surface area contributed by atoms with E-state index in [1.165, 1.54) is 0 Å². The molecule has 0 atom stereocenters. The van der Waals surface area contributed by atoms with Gasteiger partial charge in [0.05, 0.1) is 18.6 Å². The average Bonchev–Trinajstić information content (AvgIpc) is 3.10. The molecule has 1 saturated carbocycles. The molecular formula is C14H18N2O. The molecular weight excluding hydrogens is 212 g/mol. The first kappa shape index (κ1) is 11.8. The number of hydrogen-bond donors (Lipinski definition) is 1. The van der Waals surface area contributed by atoms with Crippen LogP contribution in [0.1, 0.15) is 24.0 Å². The number of benzene rings is 1. The molecule has 1 aromatic carbocycles. The molecule has 0 amide bonds. The Labute approximate surface area is 102 Å². The third-order valence-electron chi connectivity index (χ3n) is 3.45. The van der Waals surface area contributed by atoms with Crippen LogP contribution in [0.25, 0.3) is 0 Å². The molecule has 0 heterocycles. The monoisotopic (exact) mass is 230 g/mol. The van der Waals surface area contributed by atoms with Gasteiger partial charge in [-0.3, -0.25) is 0 Å². The Hall–Kier alpha value is -1.69. The Balaban J connectivity index is 2.11. The zero-order valence-corrected chi connectivity index (χ0v) is 10.6. The Bertz CT molecular complexity index is 470. The minimum Gasteiger partial charge on any atom is -0.496 e. The second-order valence-corrected chi connectivity index (χ2v) is 4.88. The van der Waals surface area contributed by atoms with Crippen molar-refractivity contribution in [1.82, 2.24) is 0 Å². The highest BCUT2D eigenvalue weighted by molar-refractivity contribution is 5.57. The van der Waals surface area contributed by atoms with Crippen molar-refractivity contribution in [2.24, 2.45) is 5.41 Å². The van der Waals surface area contributed by atoms with E-state index < -0.39 is 0 Å². The molecule has 1 aliphatic rings. The van der Waals surface area contributed by atoms with Gasteiger partial charge in [0.25, 0.3) is 0 Å². The largest absolute Gasteiger partial charge is 0.496 e. The molecule has 1 aromatic rings. The summed E-state index contributed by atoms with van der Waals surface area (Å²) in [6.07, 6.45) is 2.04. The maximum absolute atomic E-state index is 9.03. The summed E-state index contributed by atoms with van der Waals surface area (Å²) in [5.41, 5.74) is 3.26. The normalized spacial score (nSPS) is 16.1. The Morgan fingerprint density at radius 2 is 2.06 bits per heavy atom. The smallest absolute Gasteiger partial charge is 0.122 e. The van der Waals surface area contributed by atoms with E-state index in [1.807, 2.05) is 13.0 Å². The molecule has 0 bridgehead atoms. The van der Waals surface area contributed by atoms with Crippen LogP contribution in [0.5, 0.6) is 5.75 Å². The minimum atomic E-state index is -0.111. The van der Waals surface area contributed by atoms with Crippen molar-refractivity contribution in [2.75, 3.05) is 19.0 Å². The molecule has 3 nitrogen and oxygen atoms in total. The summed E-state index contributed by atoms with van der Waals surface area (Å²) < 4.78 is 5.28. The summed E-state index contributed by atoms with van der Waals surface area (Å²) in [5, 5.41) is 12.4. The van der Waals surface area contributed by atoms with Gasteiger partial charge in [-0.05, 0) is 49.9 Å². The van der Waals surface area contributed by atoms with Crippen molar-refractivity contribution < 1.29 is 4.74 Å². The van der Waals surface area contributed by atoms with Crippen molar-refractivity contribution in [2.45, 2.75) is 26.7 Å². The highest BCUT2D eigenvalue weighted by atomic mass is 16.5. The molecule has 3 heteroatoms. The standard InChI is InChI=1S/C14H18N2O/c1-10-7-13(17-3)11(2)6-12(10)16-9-14(8-15)4-5-14/h6-7,16H,4-5,9H2,1-3H3. The van der Waals surface area contributed by atoms with Crippen LogP contribution < -0.4 is 10.1 Å². The first-order valence-electron chi connectivity index (χ1n) is 5.90. The van der Waals surface area contributed by atoms with Crippen molar-refractivity contribution in [3.63, 3.8) is 0 Å². The number of ether oxygens (including phenoxy) is 1. The van der Waals surface area contributed by atoms with Gasteiger partial charge in [0, 0.05) is 12.2 Å². The number of nitriles is 1. The molecule has 17 heavy (non-hydrogen) atoms. The molecule has 0 saturated heterocycles. The Morgan fingerprint density at radius 1 is 1.35 bits per heavy atom. The lowest BCUT2D eigenvalue weighted by Gasteiger charge is -2.14. The lowest BCUT2D eigenvalue weighted by Crippen LogP contribution is -2.14. The van der Waals surface area contributed by atoms with Gasteiger partial charge in [-0.2, -0.15) is 5.26 Å². The van der Waals surface area contributed by atoms with Gasteiger partial charge in [-0.25, -0.2) is 0 Å². The maximum atomic E-state index is 9.03. The van der Waals surface area contributed by atoms with E-state index in [1.54, 1.807) is 7.11 Å². The number of aryl methyl sites for hydroxylation is 2. The fraction of sp³-hybridized carbons (Fsp3) is 0.500. The maximum Gasteiger partial charge on any atom is 0.122 e. The number of nitrogens with one attached hydrogen (secondary N) is 1. The van der Waals surface area contributed by atoms with Crippen LogP contribution in [0.4, 0.5) is 5.69 Å². The van der Waals surface area contributed by atoms with Crippen molar-refractivity contribution in [3.05, 3.63) is 23.3 Å². The van der Waals surface area contributed by atoms with E-state index in [0.717, 1.165) is 42.0 Å². The van der Waals surface area contributed by atoms with Crippen molar-refractivity contribution >= 4 is 5.69 Å². The summed E-state index contributed by atoms with van der Waals surface area (Å²) in [6, 6.07) is 6.51. The van der Waals surface area contributed by atoms with Crippen molar-refractivity contribution in [3.8, 4) is 11.8 Å². The molecule has 0 aromatic heterocycles. The van der Waals surface area contributed by atoms with Crippen LogP contribution in [-0.4, -0.2) is 13.7 Å². The van der Waals surface area contributed by atoms with Crippen LogP contribution in [0.2, 0.25) is 0 Å². The average molecular weight is 230 g/mol. The van der Waals surface area contributed by atoms with Gasteiger partial charge < -0.3 is 10.1 Å². The molecule has 1 fully saturated rings. The van der Waals surface area contributed by atoms with Gasteiger partial charge in [0.2, 0.25) is 0 Å². The summed E-state index contributed by atoms with van der Waals surface area (Å²) in [4.78, 5) is 0. The number of methoxy groups -OCH3 is 1. The van der Waals surface area contributed by atoms with Gasteiger partial charge in [0.15, 0.2) is 0 Å². The van der Waals surface area contributed by atoms with E-state index in [9.17, 15) is 0 Å². The van der Waals surface area contributed by atoms with Crippen LogP contribution >= 0.6 is 0 Å². The number of hydrogen-bond acceptors (Lipinski definition) is 3. The summed E-state index contributed by atoms with van der Waals surface area (Å²) in [7, 11) is 1.68. The third kappa shape index (κ3) is 2.36. The van der Waals surface area contributed by atoms with E-state index in [4.69, 9.17) is 10.00 Å². The van der Waals surface area contributed by atoms with Crippen molar-refractivity contribution in [1.29, 1.82) is 5.26 Å². The first-order valence-corrected chi connectivity index (χ1v) is 5.90. The van der Waals surface area contributed by atoms with Crippen LogP contribution in [0.3, 0.4) is 0 Å². The van der Waals surface area contributed by atoms with Crippen LogP contribution in [-0.2, 0) is 0 Å². The van der Waals surface area contributed by atoms with E-state index in [2.05, 4.69) is 24.4 Å². The fourth-order valence-electron chi connectivity index (χ4n) is 1.94. The fourth-order valence-corrected chi connectivity index (χ4v) is 1.94. The quantitative estimate of drug-likeness (QED) is 0.864. The molecule has 0 radical (unpaired) electrons. The van der Waals surface area contributed by atoms with E-state index in [-0.39, 0.29) is 5.41 Å². The molecule has 0 spiro atoms. The number of rotatable bonds is 4. The van der Waals surface area contributed by atoms with E-state index >= 15 is 0 Å². The SMILES string of the molecule is COc1cc(C)c(NCC2(C#N)CC2)cc1C. The predicted octanol–water partition coefficient (Wildman–Crippen LogP) is 3.03. The zero-order chi connectivity index (χ0) is 12.5. The zero-order valence-electron chi connectivity index (χ0n) is 10.6. The second-order valence-electron chi connectivity index (χ2n) is 4.88. The van der Waals surface area contributed by atoms with Gasteiger partial charge in [-0.1, -0.05) is 0 Å². The summed E-state index contributed by atoms with van der Waals surface area (Å²) >= 11 is 0. The highest BCUT2D eigenvalue weighted by Gasteiger charge is 2.42. The third-order valence-corrected chi connectivity index (χ3v) is 3.45. The van der Waals surface area contributed by atoms with Crippen LogP contribution in [0, 0.1) is 30.6 Å². The Morgan fingerprint density at radius 3 is 2.59 bits per heavy atom. The molecule has 0 aliphatic heterocycles. The predicted molar refractivity (Wildman–Crippen MR) is 68.2 cm³/mol. The first-order chi connectivity index (χ1) is 8.10. The van der Waals surface area contributed by atoms with Gasteiger partial charge in [0.1, 0.15) is 5.75 Å². The molecule has 1 N–H and O–H groups in total. The Kier molecular flexibility index (Phi) is 2.97. The molecule has 1 aliphatic carbocycles. The molecule has 90 valence electrons. The highest BCUT2D eigenvalue weighted by Crippen LogP contribution is 2.45. The topological polar surface area (TPSA) is 45.0 Å². The number of anilines is 1. The molecule has 0 unspecified atom stereocenters. The number of nitrogens with zero attached hydrogens (tertiary/aromatic N) is 1. The minimum absolute atomic E-state index is 0.111. The molecule has 2 rings (SSSR count). The second kappa shape index (κ2) is 4.29. The lowest BCUT2D eigenvalue weighted by atomic mass is 10.1. The van der Waals surface area contributed by atoms with Gasteiger partial charge in [-0.15, -0.1) is 0 Å². The summed E-state index contributed by atoms with van der Waals surface area (Å²) in [6.45, 7) is 4.83. The van der Waals surface area contributed by atoms with Crippen LogP contribution in [0.15, 0.2) is 12.1 Å². The van der Waals surface area contributed by atoms with E-state index in [0.29, 0.717) is 0 Å².